The second-order valence-corrected chi connectivity index (χ2v) is 17.4. The second-order valence-electron chi connectivity index (χ2n) is 17.4. The molecular weight excluding hydrogens is 759 g/mol. The lowest BCUT2D eigenvalue weighted by atomic mass is 9.86. The highest BCUT2D eigenvalue weighted by molar-refractivity contribution is 6.19. The van der Waals surface area contributed by atoms with E-state index in [9.17, 15) is 19.5 Å². The van der Waals surface area contributed by atoms with E-state index in [-0.39, 0.29) is 29.1 Å². The highest BCUT2D eigenvalue weighted by Gasteiger charge is 2.30. The zero-order chi connectivity index (χ0) is 41.0. The Labute approximate surface area is 351 Å². The quantitative estimate of drug-likeness (QED) is 0.165. The Hall–Kier alpha value is -4.24. The number of hydrogen-bond acceptors (Lipinski definition) is 11. The molecule has 0 unspecified atom stereocenters. The third-order valence-corrected chi connectivity index (χ3v) is 13.5. The number of aromatic hydroxyl groups is 1. The minimum Gasteiger partial charge on any atom is -0.494 e. The number of morpholine rings is 2. The number of nitrogens with zero attached hydrogens (tertiary/aromatic N) is 7. The van der Waals surface area contributed by atoms with Crippen LogP contribution in [0.5, 0.6) is 5.88 Å². The summed E-state index contributed by atoms with van der Waals surface area (Å²) < 4.78 is 14.0. The SMILES string of the molecule is O=c1c2c(=NCCN3CCCC3)cc3c(=O)n(CCCN4CCOCC4)c(=O)c4c(-c5ccc(CN6CCCCCC6)cc5)cc(c(O)n1CCCN1CCOCC1)c2c4-3. The fourth-order valence-corrected chi connectivity index (χ4v) is 10.1. The van der Waals surface area contributed by atoms with Crippen LogP contribution >= 0.6 is 0 Å². The summed E-state index contributed by atoms with van der Waals surface area (Å²) in [4.78, 5) is 59.1. The third-order valence-electron chi connectivity index (χ3n) is 13.5. The minimum absolute atomic E-state index is 0.145. The third kappa shape index (κ3) is 8.62. The summed E-state index contributed by atoms with van der Waals surface area (Å²) in [6.45, 7) is 14.5. The Morgan fingerprint density at radius 2 is 1.12 bits per heavy atom. The first kappa shape index (κ1) is 41.1. The molecule has 9 rings (SSSR count). The van der Waals surface area contributed by atoms with Crippen LogP contribution in [0, 0.1) is 0 Å². The van der Waals surface area contributed by atoms with Crippen molar-refractivity contribution in [1.82, 2.24) is 28.7 Å². The number of pyridine rings is 2. The van der Waals surface area contributed by atoms with Gasteiger partial charge in [0, 0.05) is 81.8 Å². The zero-order valence-corrected chi connectivity index (χ0v) is 35.2. The molecule has 1 aliphatic carbocycles. The van der Waals surface area contributed by atoms with Gasteiger partial charge in [-0.05, 0) is 93.5 Å². The van der Waals surface area contributed by atoms with Crippen LogP contribution in [-0.4, -0.2) is 139 Å². The first-order valence-corrected chi connectivity index (χ1v) is 22.7. The van der Waals surface area contributed by atoms with Crippen LogP contribution in [0.25, 0.3) is 43.8 Å². The van der Waals surface area contributed by atoms with Gasteiger partial charge in [-0.3, -0.25) is 43.2 Å². The van der Waals surface area contributed by atoms with E-state index in [1.54, 1.807) is 6.07 Å². The maximum Gasteiger partial charge on any atom is 0.263 e. The van der Waals surface area contributed by atoms with E-state index in [0.717, 1.165) is 96.9 Å². The van der Waals surface area contributed by atoms with Gasteiger partial charge in [-0.1, -0.05) is 37.1 Å². The molecule has 5 aliphatic heterocycles. The average molecular weight is 820 g/mol. The average Bonchev–Trinajstić information content (AvgIpc) is 3.67. The molecule has 4 saturated heterocycles. The van der Waals surface area contributed by atoms with Crippen LogP contribution in [0.3, 0.4) is 0 Å². The minimum atomic E-state index is -0.382. The van der Waals surface area contributed by atoms with Crippen molar-refractivity contribution in [3.05, 3.63) is 78.4 Å². The topological polar surface area (TPSA) is 125 Å². The number of rotatable bonds is 14. The van der Waals surface area contributed by atoms with Gasteiger partial charge in [0.25, 0.3) is 16.7 Å². The molecule has 13 heteroatoms. The Morgan fingerprint density at radius 3 is 1.77 bits per heavy atom. The van der Waals surface area contributed by atoms with Crippen molar-refractivity contribution >= 4 is 21.5 Å². The number of benzene rings is 3. The second kappa shape index (κ2) is 18.8. The molecule has 13 nitrogen and oxygen atoms in total. The summed E-state index contributed by atoms with van der Waals surface area (Å²) in [5.41, 5.74) is 2.38. The van der Waals surface area contributed by atoms with Crippen LogP contribution in [0.1, 0.15) is 56.9 Å². The molecular formula is C47H61N7O6. The fraction of sp³-hybridized carbons (Fsp3) is 0.574. The van der Waals surface area contributed by atoms with E-state index in [1.807, 2.05) is 6.07 Å². The van der Waals surface area contributed by atoms with Gasteiger partial charge in [-0.2, -0.15) is 0 Å². The number of hydrogen-bond donors (Lipinski definition) is 1. The van der Waals surface area contributed by atoms with E-state index in [4.69, 9.17) is 14.5 Å². The van der Waals surface area contributed by atoms with E-state index in [2.05, 4.69) is 43.9 Å². The predicted molar refractivity (Wildman–Crippen MR) is 236 cm³/mol. The molecule has 0 saturated carbocycles. The van der Waals surface area contributed by atoms with Crippen LogP contribution in [0.2, 0.25) is 0 Å². The van der Waals surface area contributed by atoms with Gasteiger partial charge in [0.15, 0.2) is 0 Å². The highest BCUT2D eigenvalue weighted by Crippen LogP contribution is 2.42. The van der Waals surface area contributed by atoms with Gasteiger partial charge >= 0.3 is 0 Å². The molecule has 60 heavy (non-hydrogen) atoms. The molecule has 3 aromatic rings. The van der Waals surface area contributed by atoms with Gasteiger partial charge < -0.3 is 19.5 Å². The summed E-state index contributed by atoms with van der Waals surface area (Å²) in [5.74, 6) is -0.145. The molecule has 1 N–H and O–H groups in total. The smallest absolute Gasteiger partial charge is 0.263 e. The lowest BCUT2D eigenvalue weighted by Crippen LogP contribution is -2.40. The van der Waals surface area contributed by atoms with Gasteiger partial charge in [-0.25, -0.2) is 0 Å². The standard InChI is InChI=1S/C47H61N7O6/c55-44-37-31-36(35-11-9-34(10-12-35)33-52-16-3-1-2-4-17-52)42-40-38(45(56)53(46(42)57)20-7-18-50-23-27-59-28-24-50)32-39(48-13-22-49-14-5-6-15-49)43(41(37)40)47(58)54(44)21-8-19-51-25-29-60-30-26-51/h9-12,31-32,55H,1-8,13-30,33H2. The first-order valence-electron chi connectivity index (χ1n) is 22.7. The van der Waals surface area contributed by atoms with Gasteiger partial charge in [0.2, 0.25) is 5.88 Å². The molecule has 320 valence electrons. The van der Waals surface area contributed by atoms with Crippen LogP contribution in [-0.2, 0) is 29.1 Å². The lowest BCUT2D eigenvalue weighted by Gasteiger charge is -2.27. The number of aromatic nitrogens is 2. The Morgan fingerprint density at radius 1 is 0.550 bits per heavy atom. The fourth-order valence-electron chi connectivity index (χ4n) is 10.1. The molecule has 4 fully saturated rings. The molecule has 2 aromatic carbocycles. The maximum atomic E-state index is 15.0. The molecule has 6 aliphatic rings. The first-order chi connectivity index (χ1) is 29.4. The van der Waals surface area contributed by atoms with E-state index in [1.165, 1.54) is 40.4 Å². The molecule has 0 spiro atoms. The van der Waals surface area contributed by atoms with Gasteiger partial charge in [-0.15, -0.1) is 0 Å². The molecule has 0 atom stereocenters. The Kier molecular flexibility index (Phi) is 12.9. The number of likely N-dealkylation sites (tertiary alicyclic amines) is 2. The molecule has 0 amide bonds. The van der Waals surface area contributed by atoms with Crippen molar-refractivity contribution in [2.24, 2.45) is 4.99 Å². The molecule has 1 aromatic heterocycles. The van der Waals surface area contributed by atoms with Crippen molar-refractivity contribution in [2.45, 2.75) is 71.0 Å². The summed E-state index contributed by atoms with van der Waals surface area (Å²) >= 11 is 0. The predicted octanol–water partition coefficient (Wildman–Crippen LogP) is 3.85. The summed E-state index contributed by atoms with van der Waals surface area (Å²) in [6.07, 6.45) is 8.62. The Bertz CT molecular complexity index is 2440. The molecule has 0 bridgehead atoms. The van der Waals surface area contributed by atoms with E-state index < -0.39 is 0 Å². The number of ether oxygens (including phenoxy) is 2. The lowest BCUT2D eigenvalue weighted by molar-refractivity contribution is 0.0368. The van der Waals surface area contributed by atoms with Crippen molar-refractivity contribution in [3.8, 4) is 28.1 Å². The van der Waals surface area contributed by atoms with Crippen molar-refractivity contribution < 1.29 is 14.6 Å². The largest absolute Gasteiger partial charge is 0.494 e. The van der Waals surface area contributed by atoms with E-state index >= 15 is 0 Å². The summed E-state index contributed by atoms with van der Waals surface area (Å²) in [6, 6.07) is 12.1. The highest BCUT2D eigenvalue weighted by atomic mass is 16.5. The maximum absolute atomic E-state index is 15.0. The molecule has 6 heterocycles. The monoisotopic (exact) mass is 819 g/mol. The van der Waals surface area contributed by atoms with Gasteiger partial charge in [0.05, 0.1) is 54.7 Å². The normalized spacial score (nSPS) is 19.7. The van der Waals surface area contributed by atoms with Crippen LogP contribution in [0.4, 0.5) is 0 Å². The summed E-state index contributed by atoms with van der Waals surface area (Å²) in [5, 5.41) is 14.3. The summed E-state index contributed by atoms with van der Waals surface area (Å²) in [7, 11) is 0. The zero-order valence-electron chi connectivity index (χ0n) is 35.2. The van der Waals surface area contributed by atoms with Crippen LogP contribution < -0.4 is 22.0 Å². The van der Waals surface area contributed by atoms with Crippen molar-refractivity contribution in [3.63, 3.8) is 0 Å². The van der Waals surface area contributed by atoms with Gasteiger partial charge in [0.1, 0.15) is 0 Å². The molecule has 0 radical (unpaired) electrons. The van der Waals surface area contributed by atoms with Crippen LogP contribution in [0.15, 0.2) is 55.8 Å². The van der Waals surface area contributed by atoms with Crippen molar-refractivity contribution in [1.29, 1.82) is 0 Å². The Balaban J connectivity index is 1.20. The van der Waals surface area contributed by atoms with E-state index in [0.29, 0.717) is 96.0 Å². The van der Waals surface area contributed by atoms with Crippen molar-refractivity contribution in [2.75, 3.05) is 105 Å².